The van der Waals surface area contributed by atoms with Crippen LogP contribution in [-0.2, 0) is 9.59 Å². The summed E-state index contributed by atoms with van der Waals surface area (Å²) in [5.74, 6) is -4.29. The highest BCUT2D eigenvalue weighted by Crippen LogP contribution is 2.28. The molecule has 2 unspecified atom stereocenters. The average molecular weight is 288 g/mol. The lowest BCUT2D eigenvalue weighted by Crippen LogP contribution is -2.23. The smallest absolute Gasteiger partial charge is 0.307 e. The number of hydrogen-bond donors (Lipinski definition) is 1. The van der Waals surface area contributed by atoms with Gasteiger partial charge in [0.25, 0.3) is 0 Å². The van der Waals surface area contributed by atoms with E-state index in [-0.39, 0.29) is 10.9 Å². The van der Waals surface area contributed by atoms with Crippen LogP contribution in [0.4, 0.5) is 8.78 Å². The largest absolute Gasteiger partial charge is 0.481 e. The van der Waals surface area contributed by atoms with E-state index >= 15 is 0 Å². The van der Waals surface area contributed by atoms with E-state index in [1.165, 1.54) is 13.0 Å². The van der Waals surface area contributed by atoms with E-state index in [0.717, 1.165) is 23.9 Å². The standard InChI is InChI=1S/C13H14F2O3S/c1-7(9-3-4-11(14)12(15)5-9)10(13(17)18)6-19-8(2)16/h3-5,7,10H,6H2,1-2H3,(H,17,18). The summed E-state index contributed by atoms with van der Waals surface area (Å²) < 4.78 is 26.0. The molecular weight excluding hydrogens is 274 g/mol. The molecule has 6 heteroatoms. The van der Waals surface area contributed by atoms with Crippen molar-refractivity contribution in [1.82, 2.24) is 0 Å². The predicted molar refractivity (Wildman–Crippen MR) is 69.0 cm³/mol. The molecule has 0 fully saturated rings. The van der Waals surface area contributed by atoms with Crippen LogP contribution in [0.2, 0.25) is 0 Å². The molecule has 0 aliphatic heterocycles. The summed E-state index contributed by atoms with van der Waals surface area (Å²) >= 11 is 0.910. The molecule has 0 amide bonds. The molecule has 0 spiro atoms. The van der Waals surface area contributed by atoms with Crippen LogP contribution < -0.4 is 0 Å². The summed E-state index contributed by atoms with van der Waals surface area (Å²) in [6.45, 7) is 2.97. The Kier molecular flexibility index (Phi) is 5.47. The molecule has 1 N–H and O–H groups in total. The van der Waals surface area contributed by atoms with Crippen LogP contribution in [0.1, 0.15) is 25.3 Å². The molecule has 104 valence electrons. The first-order valence-corrected chi connectivity index (χ1v) is 6.62. The summed E-state index contributed by atoms with van der Waals surface area (Å²) in [7, 11) is 0. The number of carbonyl (C=O) groups is 2. The van der Waals surface area contributed by atoms with Gasteiger partial charge in [-0.3, -0.25) is 9.59 Å². The number of aliphatic carboxylic acids is 1. The molecule has 1 aromatic carbocycles. The van der Waals surface area contributed by atoms with E-state index in [9.17, 15) is 18.4 Å². The molecule has 0 aromatic heterocycles. The van der Waals surface area contributed by atoms with Crippen LogP contribution in [-0.4, -0.2) is 21.9 Å². The maximum Gasteiger partial charge on any atom is 0.307 e. The highest BCUT2D eigenvalue weighted by Gasteiger charge is 2.27. The number of benzene rings is 1. The number of carboxylic acid groups (broad SMARTS) is 1. The van der Waals surface area contributed by atoms with Crippen LogP contribution in [0.15, 0.2) is 18.2 Å². The molecule has 19 heavy (non-hydrogen) atoms. The molecular formula is C13H14F2O3S. The van der Waals surface area contributed by atoms with Crippen LogP contribution in [0.25, 0.3) is 0 Å². The van der Waals surface area contributed by atoms with Crippen molar-refractivity contribution in [3.63, 3.8) is 0 Å². The van der Waals surface area contributed by atoms with Crippen molar-refractivity contribution >= 4 is 22.8 Å². The van der Waals surface area contributed by atoms with E-state index in [1.54, 1.807) is 6.92 Å². The Morgan fingerprint density at radius 3 is 2.42 bits per heavy atom. The first-order chi connectivity index (χ1) is 8.82. The van der Waals surface area contributed by atoms with Gasteiger partial charge in [-0.25, -0.2) is 8.78 Å². The van der Waals surface area contributed by atoms with Gasteiger partial charge in [-0.2, -0.15) is 0 Å². The van der Waals surface area contributed by atoms with Crippen LogP contribution >= 0.6 is 11.8 Å². The average Bonchev–Trinajstić information content (AvgIpc) is 2.31. The normalized spacial score (nSPS) is 13.9. The SMILES string of the molecule is CC(=O)SCC(C(=O)O)C(C)c1ccc(F)c(F)c1. The number of thioether (sulfide) groups is 1. The van der Waals surface area contributed by atoms with Crippen molar-refractivity contribution in [1.29, 1.82) is 0 Å². The van der Waals surface area contributed by atoms with Gasteiger partial charge < -0.3 is 5.11 Å². The number of rotatable bonds is 5. The Morgan fingerprint density at radius 2 is 1.95 bits per heavy atom. The van der Waals surface area contributed by atoms with Gasteiger partial charge in [-0.1, -0.05) is 24.8 Å². The Morgan fingerprint density at radius 1 is 1.32 bits per heavy atom. The van der Waals surface area contributed by atoms with Crippen molar-refractivity contribution in [2.24, 2.45) is 5.92 Å². The van der Waals surface area contributed by atoms with Crippen LogP contribution in [0.3, 0.4) is 0 Å². The highest BCUT2D eigenvalue weighted by atomic mass is 32.2. The zero-order valence-corrected chi connectivity index (χ0v) is 11.3. The van der Waals surface area contributed by atoms with E-state index < -0.39 is 29.4 Å². The van der Waals surface area contributed by atoms with Crippen molar-refractivity contribution in [3.05, 3.63) is 35.4 Å². The van der Waals surface area contributed by atoms with Crippen molar-refractivity contribution < 1.29 is 23.5 Å². The molecule has 1 aromatic rings. The third-order valence-electron chi connectivity index (χ3n) is 2.86. The first-order valence-electron chi connectivity index (χ1n) is 5.64. The Labute approximate surface area is 114 Å². The number of carboxylic acids is 1. The topological polar surface area (TPSA) is 54.4 Å². The van der Waals surface area contributed by atoms with Crippen molar-refractivity contribution in [2.75, 3.05) is 5.75 Å². The Hall–Kier alpha value is -1.43. The molecule has 0 aliphatic carbocycles. The summed E-state index contributed by atoms with van der Waals surface area (Å²) in [6, 6.07) is 3.32. The predicted octanol–water partition coefficient (Wildman–Crippen LogP) is 3.05. The van der Waals surface area contributed by atoms with Gasteiger partial charge in [0.1, 0.15) is 0 Å². The molecule has 0 aliphatic rings. The minimum absolute atomic E-state index is 0.102. The zero-order chi connectivity index (χ0) is 14.6. The lowest BCUT2D eigenvalue weighted by Gasteiger charge is -2.20. The molecule has 0 bridgehead atoms. The molecule has 1 rings (SSSR count). The van der Waals surface area contributed by atoms with Crippen molar-refractivity contribution in [3.8, 4) is 0 Å². The van der Waals surface area contributed by atoms with Gasteiger partial charge in [-0.05, 0) is 23.6 Å². The maximum absolute atomic E-state index is 13.1. The maximum atomic E-state index is 13.1. The zero-order valence-electron chi connectivity index (χ0n) is 10.5. The Balaban J connectivity index is 2.92. The van der Waals surface area contributed by atoms with Gasteiger partial charge in [0.05, 0.1) is 5.92 Å². The van der Waals surface area contributed by atoms with E-state index in [1.807, 2.05) is 0 Å². The fourth-order valence-corrected chi connectivity index (χ4v) is 2.51. The summed E-state index contributed by atoms with van der Waals surface area (Å²) in [6.07, 6.45) is 0. The minimum atomic E-state index is -1.06. The lowest BCUT2D eigenvalue weighted by molar-refractivity contribution is -0.141. The molecule has 3 nitrogen and oxygen atoms in total. The second-order valence-corrected chi connectivity index (χ2v) is 5.41. The third kappa shape index (κ3) is 4.31. The van der Waals surface area contributed by atoms with Gasteiger partial charge in [0.2, 0.25) is 0 Å². The second-order valence-electron chi connectivity index (χ2n) is 4.21. The fraction of sp³-hybridized carbons (Fsp3) is 0.385. The van der Waals surface area contributed by atoms with Crippen molar-refractivity contribution in [2.45, 2.75) is 19.8 Å². The Bertz CT molecular complexity index is 491. The fourth-order valence-electron chi connectivity index (χ4n) is 1.66. The number of hydrogen-bond acceptors (Lipinski definition) is 3. The molecule has 0 saturated carbocycles. The van der Waals surface area contributed by atoms with Gasteiger partial charge in [0.15, 0.2) is 16.7 Å². The van der Waals surface area contributed by atoms with Gasteiger partial charge >= 0.3 is 5.97 Å². The number of carbonyl (C=O) groups excluding carboxylic acids is 1. The van der Waals surface area contributed by atoms with E-state index in [4.69, 9.17) is 5.11 Å². The molecule has 0 heterocycles. The molecule has 2 atom stereocenters. The monoisotopic (exact) mass is 288 g/mol. The van der Waals surface area contributed by atoms with Gasteiger partial charge in [-0.15, -0.1) is 0 Å². The first kappa shape index (κ1) is 15.6. The second kappa shape index (κ2) is 6.65. The van der Waals surface area contributed by atoms with Crippen LogP contribution in [0.5, 0.6) is 0 Å². The number of halogens is 2. The quantitative estimate of drug-likeness (QED) is 0.904. The van der Waals surface area contributed by atoms with Gasteiger partial charge in [0, 0.05) is 12.7 Å². The highest BCUT2D eigenvalue weighted by molar-refractivity contribution is 8.13. The summed E-state index contributed by atoms with van der Waals surface area (Å²) in [5.41, 5.74) is 0.399. The third-order valence-corrected chi connectivity index (χ3v) is 3.79. The summed E-state index contributed by atoms with van der Waals surface area (Å²) in [4.78, 5) is 22.1. The summed E-state index contributed by atoms with van der Waals surface area (Å²) in [5, 5.41) is 8.97. The molecule has 0 radical (unpaired) electrons. The lowest BCUT2D eigenvalue weighted by atomic mass is 9.89. The molecule has 0 saturated heterocycles. The minimum Gasteiger partial charge on any atom is -0.481 e. The van der Waals surface area contributed by atoms with Crippen LogP contribution in [0, 0.1) is 17.6 Å². The van der Waals surface area contributed by atoms with E-state index in [0.29, 0.717) is 5.56 Å². The van der Waals surface area contributed by atoms with E-state index in [2.05, 4.69) is 0 Å².